The standard InChI is InChI=1S/C14H20O3/c1-17-14(16)12(13(15)11-7-8-11)9-10-5-3-2-4-6-10/h9-11H,2-8H2,1H3/b12-9+. The first-order chi connectivity index (χ1) is 8.22. The molecule has 2 fully saturated rings. The quantitative estimate of drug-likeness (QED) is 0.326. The second kappa shape index (κ2) is 5.48. The van der Waals surface area contributed by atoms with Crippen LogP contribution in [0.3, 0.4) is 0 Å². The van der Waals surface area contributed by atoms with E-state index in [1.54, 1.807) is 0 Å². The summed E-state index contributed by atoms with van der Waals surface area (Å²) in [4.78, 5) is 23.7. The van der Waals surface area contributed by atoms with Crippen molar-refractivity contribution in [1.82, 2.24) is 0 Å². The maximum Gasteiger partial charge on any atom is 0.341 e. The monoisotopic (exact) mass is 236 g/mol. The number of rotatable bonds is 4. The Morgan fingerprint density at radius 2 is 1.71 bits per heavy atom. The number of allylic oxidation sites excluding steroid dienone is 1. The highest BCUT2D eigenvalue weighted by Gasteiger charge is 2.35. The summed E-state index contributed by atoms with van der Waals surface area (Å²) in [7, 11) is 1.34. The van der Waals surface area contributed by atoms with Gasteiger partial charge in [-0.15, -0.1) is 0 Å². The zero-order chi connectivity index (χ0) is 12.3. The summed E-state index contributed by atoms with van der Waals surface area (Å²) in [5, 5.41) is 0. The summed E-state index contributed by atoms with van der Waals surface area (Å²) in [6.45, 7) is 0. The molecule has 94 valence electrons. The van der Waals surface area contributed by atoms with Crippen molar-refractivity contribution >= 4 is 11.8 Å². The molecular weight excluding hydrogens is 216 g/mol. The van der Waals surface area contributed by atoms with Gasteiger partial charge in [-0.25, -0.2) is 4.79 Å². The Balaban J connectivity index is 2.09. The molecule has 0 saturated heterocycles. The van der Waals surface area contributed by atoms with Crippen molar-refractivity contribution in [1.29, 1.82) is 0 Å². The van der Waals surface area contributed by atoms with Gasteiger partial charge < -0.3 is 4.74 Å². The molecule has 2 saturated carbocycles. The van der Waals surface area contributed by atoms with Crippen molar-refractivity contribution in [3.05, 3.63) is 11.6 Å². The van der Waals surface area contributed by atoms with Crippen LogP contribution >= 0.6 is 0 Å². The average molecular weight is 236 g/mol. The van der Waals surface area contributed by atoms with Gasteiger partial charge in [-0.2, -0.15) is 0 Å². The third-order valence-corrected chi connectivity index (χ3v) is 3.67. The Hall–Kier alpha value is -1.12. The SMILES string of the molecule is COC(=O)/C(=C/C1CCCCC1)C(=O)C1CC1. The van der Waals surface area contributed by atoms with E-state index < -0.39 is 5.97 Å². The van der Waals surface area contributed by atoms with Crippen molar-refractivity contribution in [2.75, 3.05) is 7.11 Å². The zero-order valence-electron chi connectivity index (χ0n) is 10.4. The number of ether oxygens (including phenoxy) is 1. The summed E-state index contributed by atoms with van der Waals surface area (Å²) in [5.74, 6) is 0.0272. The maximum absolute atomic E-state index is 12.0. The lowest BCUT2D eigenvalue weighted by atomic mass is 9.87. The Morgan fingerprint density at radius 3 is 2.24 bits per heavy atom. The minimum absolute atomic E-state index is 0.00224. The molecule has 0 amide bonds. The van der Waals surface area contributed by atoms with Gasteiger partial charge in [0.05, 0.1) is 12.7 Å². The number of esters is 1. The van der Waals surface area contributed by atoms with E-state index in [9.17, 15) is 9.59 Å². The second-order valence-corrected chi connectivity index (χ2v) is 5.11. The van der Waals surface area contributed by atoms with Gasteiger partial charge in [-0.1, -0.05) is 25.3 Å². The van der Waals surface area contributed by atoms with Gasteiger partial charge in [-0.05, 0) is 31.6 Å². The largest absolute Gasteiger partial charge is 0.465 e. The van der Waals surface area contributed by atoms with Gasteiger partial charge in [0.1, 0.15) is 0 Å². The van der Waals surface area contributed by atoms with E-state index in [2.05, 4.69) is 0 Å². The fourth-order valence-corrected chi connectivity index (χ4v) is 2.46. The van der Waals surface area contributed by atoms with Crippen molar-refractivity contribution in [2.45, 2.75) is 44.9 Å². The predicted molar refractivity (Wildman–Crippen MR) is 64.4 cm³/mol. The number of carbonyl (C=O) groups excluding carboxylic acids is 2. The Morgan fingerprint density at radius 1 is 1.06 bits per heavy atom. The van der Waals surface area contributed by atoms with Gasteiger partial charge in [0.15, 0.2) is 5.78 Å². The van der Waals surface area contributed by atoms with E-state index in [1.807, 2.05) is 6.08 Å². The molecule has 0 spiro atoms. The molecule has 0 aliphatic heterocycles. The van der Waals surface area contributed by atoms with Gasteiger partial charge in [-0.3, -0.25) is 4.79 Å². The molecule has 17 heavy (non-hydrogen) atoms. The molecule has 3 heteroatoms. The molecule has 2 aliphatic rings. The Kier molecular flexibility index (Phi) is 3.97. The van der Waals surface area contributed by atoms with Crippen LogP contribution in [0.5, 0.6) is 0 Å². The molecular formula is C14H20O3. The summed E-state index contributed by atoms with van der Waals surface area (Å²) >= 11 is 0. The molecule has 0 unspecified atom stereocenters. The Bertz CT molecular complexity index is 333. The fraction of sp³-hybridized carbons (Fsp3) is 0.714. The number of hydrogen-bond donors (Lipinski definition) is 0. The van der Waals surface area contributed by atoms with E-state index in [4.69, 9.17) is 4.74 Å². The van der Waals surface area contributed by atoms with Crippen LogP contribution in [-0.4, -0.2) is 18.9 Å². The normalized spacial score (nSPS) is 22.3. The Labute approximate surface area is 102 Å². The summed E-state index contributed by atoms with van der Waals surface area (Å²) < 4.78 is 4.72. The van der Waals surface area contributed by atoms with E-state index in [0.717, 1.165) is 25.7 Å². The molecule has 0 radical (unpaired) electrons. The number of ketones is 1. The van der Waals surface area contributed by atoms with Crippen LogP contribution in [0.25, 0.3) is 0 Å². The second-order valence-electron chi connectivity index (χ2n) is 5.11. The van der Waals surface area contributed by atoms with Gasteiger partial charge in [0.25, 0.3) is 0 Å². The van der Waals surface area contributed by atoms with Crippen LogP contribution in [0.15, 0.2) is 11.6 Å². The fourth-order valence-electron chi connectivity index (χ4n) is 2.46. The highest BCUT2D eigenvalue weighted by Crippen LogP contribution is 2.34. The first kappa shape index (κ1) is 12.3. The molecule has 0 aromatic rings. The highest BCUT2D eigenvalue weighted by atomic mass is 16.5. The molecule has 2 rings (SSSR count). The lowest BCUT2D eigenvalue weighted by molar-refractivity contribution is -0.138. The zero-order valence-corrected chi connectivity index (χ0v) is 10.4. The highest BCUT2D eigenvalue weighted by molar-refractivity contribution is 6.18. The maximum atomic E-state index is 12.0. The van der Waals surface area contributed by atoms with E-state index in [-0.39, 0.29) is 11.7 Å². The third kappa shape index (κ3) is 3.18. The number of Topliss-reactive ketones (excluding diaryl/α,β-unsaturated/α-hetero) is 1. The number of hydrogen-bond acceptors (Lipinski definition) is 3. The first-order valence-corrected chi connectivity index (χ1v) is 6.56. The van der Waals surface area contributed by atoms with Gasteiger partial charge in [0.2, 0.25) is 0 Å². The summed E-state index contributed by atoms with van der Waals surface area (Å²) in [6, 6.07) is 0. The van der Waals surface area contributed by atoms with Crippen molar-refractivity contribution in [3.8, 4) is 0 Å². The molecule has 2 aliphatic carbocycles. The van der Waals surface area contributed by atoms with Crippen molar-refractivity contribution in [3.63, 3.8) is 0 Å². The van der Waals surface area contributed by atoms with Crippen LogP contribution in [0, 0.1) is 11.8 Å². The van der Waals surface area contributed by atoms with Crippen LogP contribution in [0.2, 0.25) is 0 Å². The third-order valence-electron chi connectivity index (χ3n) is 3.67. The average Bonchev–Trinajstić information content (AvgIpc) is 3.20. The molecule has 0 N–H and O–H groups in total. The first-order valence-electron chi connectivity index (χ1n) is 6.56. The van der Waals surface area contributed by atoms with Crippen LogP contribution in [-0.2, 0) is 14.3 Å². The smallest absolute Gasteiger partial charge is 0.341 e. The summed E-state index contributed by atoms with van der Waals surface area (Å²) in [6.07, 6.45) is 9.60. The van der Waals surface area contributed by atoms with E-state index >= 15 is 0 Å². The lowest BCUT2D eigenvalue weighted by Crippen LogP contribution is -2.18. The molecule has 3 nitrogen and oxygen atoms in total. The number of methoxy groups -OCH3 is 1. The topological polar surface area (TPSA) is 43.4 Å². The van der Waals surface area contributed by atoms with Gasteiger partial charge in [0, 0.05) is 5.92 Å². The predicted octanol–water partition coefficient (Wildman–Crippen LogP) is 2.65. The summed E-state index contributed by atoms with van der Waals surface area (Å²) in [5.41, 5.74) is 0.307. The minimum atomic E-state index is -0.451. The van der Waals surface area contributed by atoms with E-state index in [1.165, 1.54) is 26.4 Å². The minimum Gasteiger partial charge on any atom is -0.465 e. The molecule has 0 aromatic carbocycles. The van der Waals surface area contributed by atoms with E-state index in [0.29, 0.717) is 11.5 Å². The van der Waals surface area contributed by atoms with Gasteiger partial charge >= 0.3 is 5.97 Å². The van der Waals surface area contributed by atoms with Crippen LogP contribution < -0.4 is 0 Å². The van der Waals surface area contributed by atoms with Crippen LogP contribution in [0.1, 0.15) is 44.9 Å². The molecule has 0 heterocycles. The number of carbonyl (C=O) groups is 2. The van der Waals surface area contributed by atoms with Crippen molar-refractivity contribution < 1.29 is 14.3 Å². The molecule has 0 aromatic heterocycles. The molecule has 0 atom stereocenters. The van der Waals surface area contributed by atoms with Crippen molar-refractivity contribution in [2.24, 2.45) is 11.8 Å². The lowest BCUT2D eigenvalue weighted by Gasteiger charge is -2.19. The van der Waals surface area contributed by atoms with Crippen LogP contribution in [0.4, 0.5) is 0 Å². The molecule has 0 bridgehead atoms.